The molecule has 3 rings (SSSR count). The van der Waals surface area contributed by atoms with Crippen molar-refractivity contribution in [3.63, 3.8) is 0 Å². The molecule has 19 atom stereocenters. The third-order valence-corrected chi connectivity index (χ3v) is 22.3. The van der Waals surface area contributed by atoms with Gasteiger partial charge >= 0.3 is 5.97 Å². The van der Waals surface area contributed by atoms with Crippen LogP contribution in [0.3, 0.4) is 0 Å². The van der Waals surface area contributed by atoms with Gasteiger partial charge in [-0.2, -0.15) is 25.3 Å². The lowest BCUT2D eigenvalue weighted by atomic mass is 9.95. The monoisotopic (exact) mass is 1920 g/mol. The van der Waals surface area contributed by atoms with Crippen molar-refractivity contribution < 1.29 is 112 Å². The van der Waals surface area contributed by atoms with Crippen molar-refractivity contribution >= 4 is 132 Å². The van der Waals surface area contributed by atoms with Crippen LogP contribution in [0.25, 0.3) is 0 Å². The van der Waals surface area contributed by atoms with E-state index in [1.165, 1.54) is 62.4 Å². The van der Waals surface area contributed by atoms with Crippen molar-refractivity contribution in [1.82, 2.24) is 84.7 Å². The first-order chi connectivity index (χ1) is 62.6. The molecule has 0 bridgehead atoms. The van der Waals surface area contributed by atoms with Gasteiger partial charge in [-0.05, 0) is 171 Å². The van der Waals surface area contributed by atoms with Crippen molar-refractivity contribution in [2.75, 3.05) is 58.2 Å². The number of rotatable bonds is 61. The number of carbonyl (C=O) groups is 17. The number of aliphatic carboxylic acids is 1. The maximum Gasteiger partial charge on any atom is 0.326 e. The van der Waals surface area contributed by atoms with E-state index in [4.69, 9.17) is 51.3 Å². The molecule has 1 saturated heterocycles. The average molecular weight is 1920 g/mol. The van der Waals surface area contributed by atoms with Crippen LogP contribution in [0.4, 0.5) is 0 Å². The van der Waals surface area contributed by atoms with Crippen LogP contribution in [0.1, 0.15) is 149 Å². The zero-order valence-electron chi connectivity index (χ0n) is 75.9. The normalized spacial score (nSPS) is 16.9. The Morgan fingerprint density at radius 1 is 0.481 bits per heavy atom. The number of likely N-dealkylation sites (tertiary alicyclic amines) is 1. The van der Waals surface area contributed by atoms with Gasteiger partial charge in [-0.25, -0.2) is 4.79 Å². The molecule has 48 nitrogen and oxygen atoms in total. The van der Waals surface area contributed by atoms with Crippen LogP contribution in [0.5, 0.6) is 11.5 Å². The summed E-state index contributed by atoms with van der Waals surface area (Å²) in [5.74, 6) is -20.3. The molecule has 0 aromatic heterocycles. The molecule has 1 aliphatic rings. The predicted molar refractivity (Wildman–Crippen MR) is 492 cm³/mol. The second kappa shape index (κ2) is 58.6. The van der Waals surface area contributed by atoms with E-state index in [2.05, 4.69) is 105 Å². The van der Waals surface area contributed by atoms with Gasteiger partial charge in [0.05, 0.1) is 31.3 Å². The molecule has 746 valence electrons. The molecule has 38 N–H and O–H groups in total. The number of thiol groups is 2. The Hall–Kier alpha value is -11.4. The Morgan fingerprint density at radius 2 is 0.850 bits per heavy atom. The number of hydrogen-bond acceptors (Lipinski definition) is 31. The minimum atomic E-state index is -2.04. The fourth-order valence-corrected chi connectivity index (χ4v) is 14.2. The Morgan fingerprint density at radius 3 is 1.25 bits per heavy atom. The third kappa shape index (κ3) is 39.8. The largest absolute Gasteiger partial charge is 0.508 e. The maximum atomic E-state index is 14.7. The summed E-state index contributed by atoms with van der Waals surface area (Å²) < 4.78 is -1.48. The molecule has 0 radical (unpaired) electrons. The number of hydrogen-bond donors (Lipinski definition) is 32. The van der Waals surface area contributed by atoms with E-state index in [0.717, 1.165) is 11.8 Å². The predicted octanol–water partition coefficient (Wildman–Crippen LogP) is -9.80. The Balaban J connectivity index is 1.91. The molecule has 133 heavy (non-hydrogen) atoms. The molecule has 0 saturated carbocycles. The summed E-state index contributed by atoms with van der Waals surface area (Å²) in [4.78, 5) is 240. The number of unbranched alkanes of at least 4 members (excludes halogenated alkanes) is 2. The van der Waals surface area contributed by atoms with Gasteiger partial charge in [-0.3, -0.25) is 82.1 Å². The highest BCUT2D eigenvalue weighted by Crippen LogP contribution is 2.25. The van der Waals surface area contributed by atoms with Crippen molar-refractivity contribution in [1.29, 1.82) is 5.41 Å². The number of β-amino-alcohol motifs (C(OH)–C–C–N with tert-alkyl or cyclic N) is 1. The molecule has 0 aliphatic carbocycles. The van der Waals surface area contributed by atoms with Gasteiger partial charge in [0.2, 0.25) is 94.5 Å². The van der Waals surface area contributed by atoms with Gasteiger partial charge in [0, 0.05) is 42.9 Å². The Labute approximate surface area is 782 Å². The second-order valence-electron chi connectivity index (χ2n) is 33.4. The third-order valence-electron chi connectivity index (χ3n) is 21.7. The van der Waals surface area contributed by atoms with Crippen molar-refractivity contribution in [3.05, 3.63) is 59.7 Å². The van der Waals surface area contributed by atoms with E-state index in [1.807, 2.05) is 0 Å². The first-order valence-electron chi connectivity index (χ1n) is 43.9. The molecule has 16 amide bonds. The maximum absolute atomic E-state index is 14.7. The number of aliphatic hydroxyl groups is 3. The van der Waals surface area contributed by atoms with Crippen LogP contribution in [0.15, 0.2) is 48.5 Å². The molecule has 1 fully saturated rings. The fourth-order valence-electron chi connectivity index (χ4n) is 13.7. The van der Waals surface area contributed by atoms with Gasteiger partial charge < -0.3 is 161 Å². The molecule has 1 aliphatic heterocycles. The van der Waals surface area contributed by atoms with Crippen LogP contribution in [0, 0.1) is 17.2 Å². The molecule has 0 unspecified atom stereocenters. The molecular weight excluding hydrogens is 1780 g/mol. The van der Waals surface area contributed by atoms with E-state index in [-0.39, 0.29) is 133 Å². The minimum absolute atomic E-state index is 0.0562. The number of carboxylic acids is 1. The highest BCUT2D eigenvalue weighted by atomic mass is 32.1. The van der Waals surface area contributed by atoms with E-state index in [1.54, 1.807) is 27.7 Å². The SMILES string of the molecule is CC[C@H](C)[C@H](NC(=O)[C@@H]1C[C@@H](O)CN1C(=O)[C@@H](N)C(C)C)C(=O)N[C@H](C(=O)N[C@@H](Cc1ccc(O)cc1)C(=O)N[C@@H](CO)C(=O)N[C@@H](CC(N)=O)C(=O)N[C@@H](CCCNC(=N)N)C(=O)N[C@@H](CCN)C(=O)N[C@H](C(=O)N[C@H](CCN)C(=O)N[C@@H](CCCCN)C(=O)N[C@@H](CCN)C(=O)N[C@@H](CCCCN)C(=O)N[C@@H](CS)C(=O)N[C@@H](Cc1ccc(O)cc1)C(=O)O)[C@@H](C)O)C(C)(C)S. The van der Waals surface area contributed by atoms with Gasteiger partial charge in [0.25, 0.3) is 0 Å². The van der Waals surface area contributed by atoms with E-state index < -0.39 is 252 Å². The number of nitrogens with zero attached hydrogens (tertiary/aromatic N) is 1. The summed E-state index contributed by atoms with van der Waals surface area (Å²) in [5, 5.41) is 107. The molecule has 2 aromatic rings. The summed E-state index contributed by atoms with van der Waals surface area (Å²) in [7, 11) is 0. The van der Waals surface area contributed by atoms with Crippen LogP contribution >= 0.6 is 25.3 Å². The van der Waals surface area contributed by atoms with Crippen LogP contribution < -0.4 is 126 Å². The van der Waals surface area contributed by atoms with Crippen LogP contribution in [0.2, 0.25) is 0 Å². The van der Waals surface area contributed by atoms with Gasteiger partial charge in [-0.1, -0.05) is 58.4 Å². The lowest BCUT2D eigenvalue weighted by Crippen LogP contribution is -2.64. The number of guanidine groups is 1. The summed E-state index contributed by atoms with van der Waals surface area (Å²) in [6.45, 7) is 8.59. The molecule has 1 heterocycles. The average Bonchev–Trinajstić information content (AvgIpc) is 1.72. The fraction of sp³-hybridized carbons (Fsp3) is 0.639. The minimum Gasteiger partial charge on any atom is -0.508 e. The summed E-state index contributed by atoms with van der Waals surface area (Å²) >= 11 is 8.83. The molecule has 50 heteroatoms. The highest BCUT2D eigenvalue weighted by molar-refractivity contribution is 7.81. The number of amides is 16. The van der Waals surface area contributed by atoms with Crippen molar-refractivity contribution in [2.45, 2.75) is 265 Å². The number of nitrogens with two attached hydrogens (primary N) is 8. The number of nitrogens with one attached hydrogen (secondary N) is 16. The topological polar surface area (TPSA) is 827 Å². The lowest BCUT2D eigenvalue weighted by Gasteiger charge is -2.34. The zero-order chi connectivity index (χ0) is 100. The van der Waals surface area contributed by atoms with E-state index in [9.17, 15) is 112 Å². The van der Waals surface area contributed by atoms with Crippen LogP contribution in [-0.2, 0) is 94.3 Å². The number of carboxylic acid groups (broad SMARTS) is 1. The summed E-state index contributed by atoms with van der Waals surface area (Å²) in [5.41, 5.74) is 47.3. The quantitative estimate of drug-likeness (QED) is 0.0127. The first-order valence-corrected chi connectivity index (χ1v) is 45.0. The van der Waals surface area contributed by atoms with Gasteiger partial charge in [-0.15, -0.1) is 0 Å². The number of phenolic OH excluding ortho intramolecular Hbond substituents is 2. The standard InChI is InChI=1S/C83H139N25O23S2/c1-8-42(4)63(105-76(125)60-36-48(113)38-108(60)80(129)62(90)41(2)3)77(126)107-65(83(6,7)133)79(128)101-55(34-44-17-21-46(111)22-18-44)72(121)103-58(39-109)74(123)100-56(37-61(89)114)73(122)96-51(16-13-33-93-82(91)92)67(116)98-54(27-32-88)71(120)106-64(43(5)110)78(127)99-53(26-31-87)70(119)94-49(14-9-11-28-84)66(115)97-52(25-30-86)69(118)95-50(15-10-12-29-85)68(117)104-59(40-132)75(124)102-57(81(130)131)35-45-19-23-47(112)24-20-45/h17-24,41-43,48-60,62-65,109-113,132-133H,8-16,25-40,84-88,90H2,1-7H3,(H2,89,114)(H,94,119)(H,95,118)(H,96,122)(H,97,115)(H,98,116)(H,99,127)(H,100,123)(H,101,128)(H,102,124)(H,103,121)(H,104,117)(H,105,125)(H,106,120)(H,107,126)(H,130,131)(H4,91,92,93)/t42-,43+,48+,49-,50-,51-,52-,53+,54-,55-,56-,57-,58-,59-,60-,62-,63-,64-,65+/m0/s1. The Bertz CT molecular complexity index is 4220. The number of carbonyl (C=O) groups excluding carboxylic acids is 16. The van der Waals surface area contributed by atoms with Crippen molar-refractivity contribution in [2.24, 2.45) is 57.7 Å². The lowest BCUT2D eigenvalue weighted by molar-refractivity contribution is -0.142. The first kappa shape index (κ1) is 116. The summed E-state index contributed by atoms with van der Waals surface area (Å²) in [6.07, 6.45) is -4.96. The zero-order valence-corrected chi connectivity index (χ0v) is 77.7. The number of phenols is 2. The summed E-state index contributed by atoms with van der Waals surface area (Å²) in [6, 6.07) is -14.7. The number of aromatic hydroxyl groups is 2. The number of primary amides is 1. The smallest absolute Gasteiger partial charge is 0.326 e. The van der Waals surface area contributed by atoms with E-state index >= 15 is 0 Å². The van der Waals surface area contributed by atoms with E-state index in [0.29, 0.717) is 30.4 Å². The molecular formula is C83H139N25O23S2. The second-order valence-corrected chi connectivity index (χ2v) is 34.9. The Kier molecular flexibility index (Phi) is 51.0. The molecule has 2 aromatic carbocycles. The number of aliphatic hydroxyl groups excluding tert-OH is 3. The van der Waals surface area contributed by atoms with Crippen LogP contribution in [-0.4, -0.2) is 314 Å². The highest BCUT2D eigenvalue weighted by Gasteiger charge is 2.46. The van der Waals surface area contributed by atoms with Gasteiger partial charge in [0.1, 0.15) is 102 Å². The van der Waals surface area contributed by atoms with Crippen molar-refractivity contribution in [3.8, 4) is 11.5 Å². The van der Waals surface area contributed by atoms with Gasteiger partial charge in [0.15, 0.2) is 5.96 Å². The molecule has 0 spiro atoms. The number of benzene rings is 2.